The van der Waals surface area contributed by atoms with Gasteiger partial charge in [0.2, 0.25) is 5.78 Å². The number of carbonyl (C=O) groups is 2. The second kappa shape index (κ2) is 3.59. The molecule has 2 fully saturated rings. The second-order valence-corrected chi connectivity index (χ2v) is 6.42. The van der Waals surface area contributed by atoms with Crippen LogP contribution in [-0.4, -0.2) is 49.6 Å². The van der Waals surface area contributed by atoms with Gasteiger partial charge in [-0.2, -0.15) is 0 Å². The Morgan fingerprint density at radius 3 is 2.53 bits per heavy atom. The van der Waals surface area contributed by atoms with Crippen LogP contribution in [0.1, 0.15) is 12.8 Å². The number of likely N-dealkylation sites (tertiary alicyclic amines) is 1. The Morgan fingerprint density at radius 2 is 2.07 bits per heavy atom. The van der Waals surface area contributed by atoms with Crippen LogP contribution in [-0.2, 0) is 19.4 Å². The average molecular weight is 231 g/mol. The molecule has 0 aromatic heterocycles. The highest BCUT2D eigenvalue weighted by atomic mass is 32.2. The lowest BCUT2D eigenvalue weighted by Gasteiger charge is -2.17. The third-order valence-electron chi connectivity index (χ3n) is 2.94. The van der Waals surface area contributed by atoms with Gasteiger partial charge in [-0.3, -0.25) is 9.59 Å². The summed E-state index contributed by atoms with van der Waals surface area (Å²) in [6.07, 6.45) is 0.888. The molecule has 2 saturated heterocycles. The Morgan fingerprint density at radius 1 is 1.33 bits per heavy atom. The first-order valence-corrected chi connectivity index (χ1v) is 6.82. The summed E-state index contributed by atoms with van der Waals surface area (Å²) in [7, 11) is -2.89. The molecular formula is C9H13NO4S. The van der Waals surface area contributed by atoms with E-state index in [0.29, 0.717) is 19.5 Å². The topological polar surface area (TPSA) is 71.5 Å². The summed E-state index contributed by atoms with van der Waals surface area (Å²) in [4.78, 5) is 23.7. The highest BCUT2D eigenvalue weighted by Gasteiger charge is 2.34. The summed E-state index contributed by atoms with van der Waals surface area (Å²) in [6, 6.07) is 0. The largest absolute Gasteiger partial charge is 0.335 e. The van der Waals surface area contributed by atoms with Crippen LogP contribution in [0.25, 0.3) is 0 Å². The lowest BCUT2D eigenvalue weighted by molar-refractivity contribution is -0.140. The van der Waals surface area contributed by atoms with Crippen molar-refractivity contribution in [2.75, 3.05) is 24.6 Å². The maximum Gasteiger partial charge on any atom is 0.290 e. The molecule has 2 rings (SSSR count). The zero-order valence-electron chi connectivity index (χ0n) is 8.31. The van der Waals surface area contributed by atoms with Crippen LogP contribution >= 0.6 is 0 Å². The lowest BCUT2D eigenvalue weighted by Crippen LogP contribution is -2.32. The van der Waals surface area contributed by atoms with Crippen molar-refractivity contribution in [1.82, 2.24) is 4.90 Å². The van der Waals surface area contributed by atoms with Crippen LogP contribution in [0.4, 0.5) is 0 Å². The van der Waals surface area contributed by atoms with Crippen molar-refractivity contribution in [2.45, 2.75) is 12.8 Å². The molecule has 6 heteroatoms. The summed E-state index contributed by atoms with van der Waals surface area (Å²) in [5.41, 5.74) is 0. The first kappa shape index (κ1) is 10.6. The highest BCUT2D eigenvalue weighted by molar-refractivity contribution is 7.91. The first-order chi connectivity index (χ1) is 6.98. The first-order valence-electron chi connectivity index (χ1n) is 5.00. The fourth-order valence-corrected chi connectivity index (χ4v) is 3.97. The van der Waals surface area contributed by atoms with Crippen molar-refractivity contribution >= 4 is 21.5 Å². The van der Waals surface area contributed by atoms with Gasteiger partial charge in [0.1, 0.15) is 0 Å². The van der Waals surface area contributed by atoms with E-state index in [0.717, 1.165) is 0 Å². The third-order valence-corrected chi connectivity index (χ3v) is 4.78. The fourth-order valence-electron chi connectivity index (χ4n) is 2.12. The molecular weight excluding hydrogens is 218 g/mol. The Hall–Kier alpha value is -0.910. The van der Waals surface area contributed by atoms with Gasteiger partial charge in [-0.1, -0.05) is 0 Å². The molecule has 1 amide bonds. The second-order valence-electron chi connectivity index (χ2n) is 4.19. The molecule has 0 bridgehead atoms. The quantitative estimate of drug-likeness (QED) is 0.585. The van der Waals surface area contributed by atoms with Gasteiger partial charge in [-0.05, 0) is 12.3 Å². The third kappa shape index (κ3) is 2.19. The number of rotatable bonds is 2. The van der Waals surface area contributed by atoms with Crippen molar-refractivity contribution in [2.24, 2.45) is 5.92 Å². The van der Waals surface area contributed by atoms with E-state index < -0.39 is 15.7 Å². The summed E-state index contributed by atoms with van der Waals surface area (Å²) in [6.45, 7) is 0.873. The summed E-state index contributed by atoms with van der Waals surface area (Å²) in [5.74, 6) is -0.404. The van der Waals surface area contributed by atoms with Crippen molar-refractivity contribution in [3.63, 3.8) is 0 Å². The smallest absolute Gasteiger partial charge is 0.290 e. The van der Waals surface area contributed by atoms with Crippen LogP contribution < -0.4 is 0 Å². The average Bonchev–Trinajstić information content (AvgIpc) is 2.63. The monoisotopic (exact) mass is 231 g/mol. The molecule has 1 unspecified atom stereocenters. The number of amides is 1. The standard InChI is InChI=1S/C9H13NO4S/c11-8-1-3-10(9(8)12)5-7-2-4-15(13,14)6-7/h7H,1-6H2. The fraction of sp³-hybridized carbons (Fsp3) is 0.778. The zero-order chi connectivity index (χ0) is 11.1. The minimum atomic E-state index is -2.89. The van der Waals surface area contributed by atoms with Crippen molar-refractivity contribution < 1.29 is 18.0 Å². The molecule has 0 radical (unpaired) electrons. The van der Waals surface area contributed by atoms with E-state index in [1.54, 1.807) is 0 Å². The Balaban J connectivity index is 1.94. The normalized spacial score (nSPS) is 30.1. The van der Waals surface area contributed by atoms with Crippen LogP contribution in [0.3, 0.4) is 0 Å². The van der Waals surface area contributed by atoms with Gasteiger partial charge in [0.05, 0.1) is 11.5 Å². The summed E-state index contributed by atoms with van der Waals surface area (Å²) >= 11 is 0. The highest BCUT2D eigenvalue weighted by Crippen LogP contribution is 2.21. The van der Waals surface area contributed by atoms with Gasteiger partial charge >= 0.3 is 0 Å². The van der Waals surface area contributed by atoms with Crippen LogP contribution in [0.5, 0.6) is 0 Å². The molecule has 15 heavy (non-hydrogen) atoms. The lowest BCUT2D eigenvalue weighted by atomic mass is 10.1. The number of Topliss-reactive ketones (excluding diaryl/α,β-unsaturated/α-hetero) is 1. The number of hydrogen-bond donors (Lipinski definition) is 0. The Bertz CT molecular complexity index is 400. The maximum atomic E-state index is 11.3. The van der Waals surface area contributed by atoms with E-state index in [2.05, 4.69) is 0 Å². The molecule has 0 aromatic rings. The molecule has 1 atom stereocenters. The molecule has 0 aliphatic carbocycles. The molecule has 0 spiro atoms. The molecule has 0 N–H and O–H groups in total. The van der Waals surface area contributed by atoms with Crippen molar-refractivity contribution in [3.8, 4) is 0 Å². The number of carbonyl (C=O) groups excluding carboxylic acids is 2. The number of ketones is 1. The molecule has 5 nitrogen and oxygen atoms in total. The minimum absolute atomic E-state index is 0.0184. The van der Waals surface area contributed by atoms with Gasteiger partial charge in [-0.15, -0.1) is 0 Å². The van der Waals surface area contributed by atoms with E-state index in [9.17, 15) is 18.0 Å². The van der Waals surface area contributed by atoms with Crippen molar-refractivity contribution in [3.05, 3.63) is 0 Å². The summed E-state index contributed by atoms with van der Waals surface area (Å²) in [5, 5.41) is 0. The van der Waals surface area contributed by atoms with Gasteiger partial charge < -0.3 is 4.90 Å². The van der Waals surface area contributed by atoms with Crippen molar-refractivity contribution in [1.29, 1.82) is 0 Å². The Labute approximate surface area is 88.4 Å². The molecule has 0 aromatic carbocycles. The van der Waals surface area contributed by atoms with Crippen LogP contribution in [0.2, 0.25) is 0 Å². The maximum absolute atomic E-state index is 11.3. The zero-order valence-corrected chi connectivity index (χ0v) is 9.12. The minimum Gasteiger partial charge on any atom is -0.335 e. The van der Waals surface area contributed by atoms with E-state index in [4.69, 9.17) is 0 Å². The van der Waals surface area contributed by atoms with E-state index >= 15 is 0 Å². The SMILES string of the molecule is O=C1CCN(CC2CCS(=O)(=O)C2)C1=O. The van der Waals surface area contributed by atoms with Gasteiger partial charge in [0, 0.05) is 19.5 Å². The van der Waals surface area contributed by atoms with E-state index in [-0.39, 0.29) is 29.6 Å². The predicted molar refractivity (Wildman–Crippen MR) is 53.0 cm³/mol. The summed E-state index contributed by atoms with van der Waals surface area (Å²) < 4.78 is 22.4. The van der Waals surface area contributed by atoms with E-state index in [1.807, 2.05) is 0 Å². The van der Waals surface area contributed by atoms with Crippen LogP contribution in [0, 0.1) is 5.92 Å². The predicted octanol–water partition coefficient (Wildman–Crippen LogP) is -0.777. The molecule has 2 aliphatic rings. The Kier molecular flexibility index (Phi) is 2.54. The van der Waals surface area contributed by atoms with Gasteiger partial charge in [-0.25, -0.2) is 8.42 Å². The molecule has 2 heterocycles. The number of hydrogen-bond acceptors (Lipinski definition) is 4. The molecule has 0 saturated carbocycles. The molecule has 2 aliphatic heterocycles. The number of nitrogens with zero attached hydrogens (tertiary/aromatic N) is 1. The number of sulfone groups is 1. The van der Waals surface area contributed by atoms with Crippen LogP contribution in [0.15, 0.2) is 0 Å². The van der Waals surface area contributed by atoms with Gasteiger partial charge in [0.15, 0.2) is 9.84 Å². The van der Waals surface area contributed by atoms with Gasteiger partial charge in [0.25, 0.3) is 5.91 Å². The molecule has 84 valence electrons. The van der Waals surface area contributed by atoms with E-state index in [1.165, 1.54) is 4.90 Å².